The van der Waals surface area contributed by atoms with Gasteiger partial charge in [-0.3, -0.25) is 4.98 Å². The highest BCUT2D eigenvalue weighted by atomic mass is 32.2. The van der Waals surface area contributed by atoms with Gasteiger partial charge >= 0.3 is 0 Å². The summed E-state index contributed by atoms with van der Waals surface area (Å²) >= 11 is 0. The van der Waals surface area contributed by atoms with Gasteiger partial charge in [0, 0.05) is 24.5 Å². The topological polar surface area (TPSA) is 123 Å². The van der Waals surface area contributed by atoms with Gasteiger partial charge in [0.25, 0.3) is 0 Å². The number of pyridine rings is 1. The molecule has 26 heavy (non-hydrogen) atoms. The van der Waals surface area contributed by atoms with Gasteiger partial charge in [0.05, 0.1) is 17.5 Å². The van der Waals surface area contributed by atoms with Crippen molar-refractivity contribution in [2.24, 2.45) is 0 Å². The molecule has 0 bridgehead atoms. The summed E-state index contributed by atoms with van der Waals surface area (Å²) in [6, 6.07) is 9.88. The van der Waals surface area contributed by atoms with Crippen LogP contribution in [0.4, 0.5) is 0 Å². The van der Waals surface area contributed by atoms with Crippen LogP contribution < -0.4 is 4.72 Å². The lowest BCUT2D eigenvalue weighted by Gasteiger charge is -2.08. The minimum absolute atomic E-state index is 0.0467. The fourth-order valence-corrected chi connectivity index (χ4v) is 3.30. The van der Waals surface area contributed by atoms with Gasteiger partial charge in [-0.25, -0.2) is 13.1 Å². The number of hydrogen-bond acceptors (Lipinski definition) is 7. The van der Waals surface area contributed by atoms with E-state index in [1.807, 2.05) is 12.1 Å². The number of nitrogens with zero attached hydrogens (tertiary/aromatic N) is 5. The smallest absolute Gasteiger partial charge is 0.240 e. The van der Waals surface area contributed by atoms with Gasteiger partial charge in [-0.05, 0) is 54.1 Å². The number of benzene rings is 1. The molecule has 0 amide bonds. The molecule has 3 aromatic rings. The maximum atomic E-state index is 12.1. The molecule has 136 valence electrons. The van der Waals surface area contributed by atoms with Crippen LogP contribution in [0.25, 0.3) is 11.4 Å². The molecule has 0 spiro atoms. The first kappa shape index (κ1) is 18.1. The summed E-state index contributed by atoms with van der Waals surface area (Å²) in [5.41, 5.74) is 1.65. The Labute approximate surface area is 150 Å². The van der Waals surface area contributed by atoms with Gasteiger partial charge in [-0.2, -0.15) is 4.80 Å². The first-order valence-corrected chi connectivity index (χ1v) is 9.37. The summed E-state index contributed by atoms with van der Waals surface area (Å²) in [6.07, 6.45) is 2.62. The van der Waals surface area contributed by atoms with Crippen molar-refractivity contribution in [2.45, 2.75) is 24.5 Å². The largest absolute Gasteiger partial charge is 0.392 e. The van der Waals surface area contributed by atoms with E-state index in [0.717, 1.165) is 5.56 Å². The van der Waals surface area contributed by atoms with Crippen LogP contribution in [0.5, 0.6) is 0 Å². The number of sulfonamides is 1. The van der Waals surface area contributed by atoms with Gasteiger partial charge in [-0.1, -0.05) is 0 Å². The van der Waals surface area contributed by atoms with E-state index in [1.54, 1.807) is 24.5 Å². The zero-order valence-electron chi connectivity index (χ0n) is 14.0. The van der Waals surface area contributed by atoms with Crippen LogP contribution in [0, 0.1) is 0 Å². The van der Waals surface area contributed by atoms with Crippen LogP contribution in [0.2, 0.25) is 0 Å². The van der Waals surface area contributed by atoms with Crippen molar-refractivity contribution in [3.05, 3.63) is 54.4 Å². The van der Waals surface area contributed by atoms with E-state index < -0.39 is 16.1 Å². The first-order chi connectivity index (χ1) is 12.4. The third-order valence-electron chi connectivity index (χ3n) is 3.52. The molecule has 1 unspecified atom stereocenters. The predicted octanol–water partition coefficient (Wildman–Crippen LogP) is 0.442. The van der Waals surface area contributed by atoms with Crippen molar-refractivity contribution in [2.75, 3.05) is 6.54 Å². The van der Waals surface area contributed by atoms with E-state index in [-0.39, 0.29) is 11.4 Å². The van der Waals surface area contributed by atoms with E-state index in [0.29, 0.717) is 17.9 Å². The average Bonchev–Trinajstić information content (AvgIpc) is 3.09. The average molecular weight is 374 g/mol. The van der Waals surface area contributed by atoms with E-state index in [2.05, 4.69) is 25.1 Å². The molecule has 3 rings (SSSR count). The second-order valence-electron chi connectivity index (χ2n) is 5.72. The van der Waals surface area contributed by atoms with Gasteiger partial charge in [0.2, 0.25) is 15.8 Å². The standard InChI is InChI=1S/C16H18N6O3S/c1-12(23)10-18-26(24,25)15-4-2-14(3-5-15)16-19-21-22(20-16)11-13-6-8-17-9-7-13/h2-9,12,18,23H,10-11H2,1H3. The molecular formula is C16H18N6O3S. The molecule has 2 aromatic heterocycles. The molecule has 9 nitrogen and oxygen atoms in total. The highest BCUT2D eigenvalue weighted by molar-refractivity contribution is 7.89. The van der Waals surface area contributed by atoms with E-state index in [4.69, 9.17) is 0 Å². The number of rotatable bonds is 7. The highest BCUT2D eigenvalue weighted by Crippen LogP contribution is 2.17. The molecule has 0 aliphatic carbocycles. The van der Waals surface area contributed by atoms with Crippen molar-refractivity contribution in [3.63, 3.8) is 0 Å². The molecule has 0 fully saturated rings. The van der Waals surface area contributed by atoms with Crippen molar-refractivity contribution in [1.82, 2.24) is 29.9 Å². The molecule has 1 atom stereocenters. The van der Waals surface area contributed by atoms with E-state index in [1.165, 1.54) is 23.9 Å². The second-order valence-corrected chi connectivity index (χ2v) is 7.49. The third-order valence-corrected chi connectivity index (χ3v) is 4.96. The number of tetrazole rings is 1. The second kappa shape index (κ2) is 7.68. The molecule has 0 saturated carbocycles. The molecule has 2 N–H and O–H groups in total. The molecule has 0 radical (unpaired) electrons. The summed E-state index contributed by atoms with van der Waals surface area (Å²) in [5.74, 6) is 0.403. The summed E-state index contributed by atoms with van der Waals surface area (Å²) in [5, 5.41) is 21.5. The molecule has 2 heterocycles. The quantitative estimate of drug-likeness (QED) is 0.615. The minimum Gasteiger partial charge on any atom is -0.392 e. The van der Waals surface area contributed by atoms with Crippen LogP contribution in [0.1, 0.15) is 12.5 Å². The number of nitrogens with one attached hydrogen (secondary N) is 1. The molecule has 0 aliphatic rings. The van der Waals surface area contributed by atoms with E-state index >= 15 is 0 Å². The Morgan fingerprint density at radius 2 is 1.85 bits per heavy atom. The lowest BCUT2D eigenvalue weighted by atomic mass is 10.2. The monoisotopic (exact) mass is 374 g/mol. The van der Waals surface area contributed by atoms with E-state index in [9.17, 15) is 13.5 Å². The summed E-state index contributed by atoms with van der Waals surface area (Å²) in [7, 11) is -3.67. The SMILES string of the molecule is CC(O)CNS(=O)(=O)c1ccc(-c2nnn(Cc3ccncc3)n2)cc1. The highest BCUT2D eigenvalue weighted by Gasteiger charge is 2.15. The van der Waals surface area contributed by atoms with Crippen LogP contribution in [-0.2, 0) is 16.6 Å². The molecule has 10 heteroatoms. The molecule has 0 aliphatic heterocycles. The normalized spacial score (nSPS) is 12.8. The maximum absolute atomic E-state index is 12.1. The minimum atomic E-state index is -3.67. The third kappa shape index (κ3) is 4.48. The van der Waals surface area contributed by atoms with Crippen LogP contribution in [-0.4, -0.2) is 51.4 Å². The Balaban J connectivity index is 1.73. The fraction of sp³-hybridized carbons (Fsp3) is 0.250. The van der Waals surface area contributed by atoms with Crippen molar-refractivity contribution in [3.8, 4) is 11.4 Å². The first-order valence-electron chi connectivity index (χ1n) is 7.89. The van der Waals surface area contributed by atoms with Gasteiger partial charge in [0.1, 0.15) is 0 Å². The van der Waals surface area contributed by atoms with Crippen LogP contribution in [0.15, 0.2) is 53.7 Å². The lowest BCUT2D eigenvalue weighted by Crippen LogP contribution is -2.30. The number of aliphatic hydroxyl groups excluding tert-OH is 1. The Hall–Kier alpha value is -2.69. The van der Waals surface area contributed by atoms with Crippen LogP contribution >= 0.6 is 0 Å². The van der Waals surface area contributed by atoms with Gasteiger partial charge < -0.3 is 5.11 Å². The zero-order valence-corrected chi connectivity index (χ0v) is 14.8. The van der Waals surface area contributed by atoms with Gasteiger partial charge in [-0.15, -0.1) is 10.2 Å². The van der Waals surface area contributed by atoms with Crippen molar-refractivity contribution >= 4 is 10.0 Å². The number of aromatic nitrogens is 5. The molecular weight excluding hydrogens is 356 g/mol. The van der Waals surface area contributed by atoms with Gasteiger partial charge in [0.15, 0.2) is 0 Å². The summed E-state index contributed by atoms with van der Waals surface area (Å²) in [6.45, 7) is 1.92. The summed E-state index contributed by atoms with van der Waals surface area (Å²) < 4.78 is 26.6. The fourth-order valence-electron chi connectivity index (χ4n) is 2.17. The van der Waals surface area contributed by atoms with Crippen LogP contribution in [0.3, 0.4) is 0 Å². The Morgan fingerprint density at radius 3 is 2.50 bits per heavy atom. The maximum Gasteiger partial charge on any atom is 0.240 e. The van der Waals surface area contributed by atoms with Crippen molar-refractivity contribution in [1.29, 1.82) is 0 Å². The molecule has 0 saturated heterocycles. The lowest BCUT2D eigenvalue weighted by molar-refractivity contribution is 0.198. The Kier molecular flexibility index (Phi) is 5.35. The Morgan fingerprint density at radius 1 is 1.15 bits per heavy atom. The predicted molar refractivity (Wildman–Crippen MR) is 93.5 cm³/mol. The molecule has 1 aromatic carbocycles. The Bertz CT molecular complexity index is 955. The zero-order chi connectivity index (χ0) is 18.6. The number of hydrogen-bond donors (Lipinski definition) is 2. The van der Waals surface area contributed by atoms with Crippen molar-refractivity contribution < 1.29 is 13.5 Å². The number of aliphatic hydroxyl groups is 1. The summed E-state index contributed by atoms with van der Waals surface area (Å²) in [4.78, 5) is 5.52.